The van der Waals surface area contributed by atoms with E-state index in [9.17, 15) is 14.7 Å². The van der Waals surface area contributed by atoms with Crippen molar-refractivity contribution < 1.29 is 19.4 Å². The molecule has 1 aromatic heterocycles. The van der Waals surface area contributed by atoms with Crippen molar-refractivity contribution in [3.05, 3.63) is 48.0 Å². The third kappa shape index (κ3) is 5.30. The maximum atomic E-state index is 12.1. The molecule has 2 N–H and O–H groups in total. The molecular formula is C18H24N4O4. The van der Waals surface area contributed by atoms with Crippen LogP contribution in [-0.2, 0) is 21.5 Å². The molecule has 1 heterocycles. The van der Waals surface area contributed by atoms with Gasteiger partial charge in [-0.05, 0) is 23.5 Å². The smallest absolute Gasteiger partial charge is 0.408 e. The van der Waals surface area contributed by atoms with Crippen molar-refractivity contribution in [2.24, 2.45) is 0 Å². The third-order valence-electron chi connectivity index (χ3n) is 3.96. The number of carboxylic acids is 1. The number of ether oxygens (including phenoxy) is 1. The Kier molecular flexibility index (Phi) is 5.97. The number of alkyl carbamates (subject to hydrolysis) is 1. The SMILES string of the molecule is C[C@H](NC(=O)O[C@H](Cn1cncn1)C(=O)O)c1ccc(C(C)(C)C)cc1. The first-order valence-electron chi connectivity index (χ1n) is 8.29. The van der Waals surface area contributed by atoms with E-state index in [1.54, 1.807) is 6.92 Å². The molecule has 0 aliphatic rings. The van der Waals surface area contributed by atoms with Gasteiger partial charge in [-0.1, -0.05) is 45.0 Å². The van der Waals surface area contributed by atoms with E-state index in [1.165, 1.54) is 22.9 Å². The summed E-state index contributed by atoms with van der Waals surface area (Å²) < 4.78 is 6.31. The van der Waals surface area contributed by atoms with Crippen LogP contribution in [0.25, 0.3) is 0 Å². The molecule has 0 radical (unpaired) electrons. The molecule has 1 aromatic carbocycles. The number of amides is 1. The lowest BCUT2D eigenvalue weighted by molar-refractivity contribution is -0.147. The Morgan fingerprint density at radius 1 is 1.27 bits per heavy atom. The van der Waals surface area contributed by atoms with Crippen LogP contribution in [0.5, 0.6) is 0 Å². The summed E-state index contributed by atoms with van der Waals surface area (Å²) in [5, 5.41) is 15.7. The number of hydrogen-bond acceptors (Lipinski definition) is 5. The molecule has 8 nitrogen and oxygen atoms in total. The highest BCUT2D eigenvalue weighted by Gasteiger charge is 2.24. The first-order valence-corrected chi connectivity index (χ1v) is 8.29. The summed E-state index contributed by atoms with van der Waals surface area (Å²) in [5.41, 5.74) is 2.14. The number of benzene rings is 1. The van der Waals surface area contributed by atoms with E-state index < -0.39 is 18.2 Å². The molecular weight excluding hydrogens is 336 g/mol. The van der Waals surface area contributed by atoms with E-state index in [2.05, 4.69) is 36.2 Å². The van der Waals surface area contributed by atoms with Gasteiger partial charge < -0.3 is 15.2 Å². The molecule has 0 saturated heterocycles. The standard InChI is InChI=1S/C18H24N4O4/c1-12(13-5-7-14(8-6-13)18(2,3)4)21-17(25)26-15(16(23)24)9-22-11-19-10-20-22/h5-8,10-12,15H,9H2,1-4H3,(H,21,25)(H,23,24)/t12-,15+/m0/s1. The van der Waals surface area contributed by atoms with Gasteiger partial charge in [0.1, 0.15) is 12.7 Å². The van der Waals surface area contributed by atoms with Gasteiger partial charge in [-0.3, -0.25) is 0 Å². The van der Waals surface area contributed by atoms with Crippen LogP contribution in [0.3, 0.4) is 0 Å². The Morgan fingerprint density at radius 3 is 2.42 bits per heavy atom. The second kappa shape index (κ2) is 7.99. The van der Waals surface area contributed by atoms with Gasteiger partial charge in [0.2, 0.25) is 6.10 Å². The lowest BCUT2D eigenvalue weighted by atomic mass is 9.86. The lowest BCUT2D eigenvalue weighted by Gasteiger charge is -2.21. The number of aliphatic carboxylic acids is 1. The Bertz CT molecular complexity index is 736. The average molecular weight is 360 g/mol. The highest BCUT2D eigenvalue weighted by atomic mass is 16.6. The molecule has 2 rings (SSSR count). The zero-order valence-electron chi connectivity index (χ0n) is 15.3. The van der Waals surface area contributed by atoms with Gasteiger partial charge in [-0.15, -0.1) is 0 Å². The highest BCUT2D eigenvalue weighted by molar-refractivity contribution is 5.77. The highest BCUT2D eigenvalue weighted by Crippen LogP contribution is 2.23. The van der Waals surface area contributed by atoms with E-state index >= 15 is 0 Å². The van der Waals surface area contributed by atoms with Crippen LogP contribution in [0.15, 0.2) is 36.9 Å². The van der Waals surface area contributed by atoms with E-state index in [1.807, 2.05) is 24.3 Å². The normalized spacial score (nSPS) is 13.7. The zero-order chi connectivity index (χ0) is 19.3. The molecule has 0 saturated carbocycles. The maximum Gasteiger partial charge on any atom is 0.408 e. The number of nitrogens with one attached hydrogen (secondary N) is 1. The van der Waals surface area contributed by atoms with Crippen molar-refractivity contribution in [1.82, 2.24) is 20.1 Å². The Morgan fingerprint density at radius 2 is 1.92 bits per heavy atom. The molecule has 0 spiro atoms. The number of rotatable bonds is 6. The number of aromatic nitrogens is 3. The molecule has 0 bridgehead atoms. The first-order chi connectivity index (χ1) is 12.2. The fourth-order valence-corrected chi connectivity index (χ4v) is 2.36. The van der Waals surface area contributed by atoms with Gasteiger partial charge in [-0.25, -0.2) is 19.3 Å². The molecule has 0 unspecified atom stereocenters. The molecule has 0 aliphatic heterocycles. The predicted molar refractivity (Wildman–Crippen MR) is 94.6 cm³/mol. The zero-order valence-corrected chi connectivity index (χ0v) is 15.3. The molecule has 26 heavy (non-hydrogen) atoms. The van der Waals surface area contributed by atoms with E-state index in [0.29, 0.717) is 0 Å². The number of carbonyl (C=O) groups excluding carboxylic acids is 1. The van der Waals surface area contributed by atoms with Crippen LogP contribution < -0.4 is 5.32 Å². The maximum absolute atomic E-state index is 12.1. The minimum atomic E-state index is -1.35. The molecule has 2 aromatic rings. The van der Waals surface area contributed by atoms with Crippen LogP contribution in [-0.4, -0.2) is 38.0 Å². The van der Waals surface area contributed by atoms with Gasteiger partial charge in [-0.2, -0.15) is 5.10 Å². The molecule has 2 atom stereocenters. The van der Waals surface area contributed by atoms with Crippen molar-refractivity contribution in [3.8, 4) is 0 Å². The summed E-state index contributed by atoms with van der Waals surface area (Å²) in [5.74, 6) is -1.25. The van der Waals surface area contributed by atoms with Crippen LogP contribution in [0.2, 0.25) is 0 Å². The Labute approximate surface area is 152 Å². The molecule has 0 fully saturated rings. The quantitative estimate of drug-likeness (QED) is 0.820. The van der Waals surface area contributed by atoms with E-state index in [4.69, 9.17) is 4.74 Å². The van der Waals surface area contributed by atoms with Gasteiger partial charge in [0.15, 0.2) is 0 Å². The van der Waals surface area contributed by atoms with Crippen molar-refractivity contribution >= 4 is 12.1 Å². The summed E-state index contributed by atoms with van der Waals surface area (Å²) in [6.45, 7) is 8.07. The minimum absolute atomic E-state index is 0.0458. The minimum Gasteiger partial charge on any atom is -0.478 e. The van der Waals surface area contributed by atoms with Crippen LogP contribution in [0.4, 0.5) is 4.79 Å². The van der Waals surface area contributed by atoms with Gasteiger partial charge in [0.25, 0.3) is 0 Å². The van der Waals surface area contributed by atoms with E-state index in [0.717, 1.165) is 5.56 Å². The summed E-state index contributed by atoms with van der Waals surface area (Å²) in [6.07, 6.45) is 0.482. The summed E-state index contributed by atoms with van der Waals surface area (Å²) in [4.78, 5) is 27.1. The fraction of sp³-hybridized carbons (Fsp3) is 0.444. The second-order valence-corrected chi connectivity index (χ2v) is 7.09. The number of carbonyl (C=O) groups is 2. The Hall–Kier alpha value is -2.90. The molecule has 0 aliphatic carbocycles. The predicted octanol–water partition coefficient (Wildman–Crippen LogP) is 2.52. The van der Waals surface area contributed by atoms with Crippen LogP contribution in [0, 0.1) is 0 Å². The third-order valence-corrected chi connectivity index (χ3v) is 3.96. The summed E-state index contributed by atoms with van der Waals surface area (Å²) in [7, 11) is 0. The summed E-state index contributed by atoms with van der Waals surface area (Å²) in [6, 6.07) is 7.59. The van der Waals surface area contributed by atoms with Gasteiger partial charge in [0.05, 0.1) is 12.6 Å². The van der Waals surface area contributed by atoms with Gasteiger partial charge >= 0.3 is 12.1 Å². The molecule has 8 heteroatoms. The van der Waals surface area contributed by atoms with Crippen molar-refractivity contribution in [2.45, 2.75) is 51.8 Å². The van der Waals surface area contributed by atoms with Gasteiger partial charge in [0, 0.05) is 0 Å². The number of hydrogen-bond donors (Lipinski definition) is 2. The van der Waals surface area contributed by atoms with Crippen LogP contribution >= 0.6 is 0 Å². The Balaban J connectivity index is 1.95. The van der Waals surface area contributed by atoms with Crippen LogP contribution in [0.1, 0.15) is 44.9 Å². The van der Waals surface area contributed by atoms with Crippen molar-refractivity contribution in [1.29, 1.82) is 0 Å². The van der Waals surface area contributed by atoms with Crippen molar-refractivity contribution in [2.75, 3.05) is 0 Å². The van der Waals surface area contributed by atoms with Crippen molar-refractivity contribution in [3.63, 3.8) is 0 Å². The molecule has 1 amide bonds. The summed E-state index contributed by atoms with van der Waals surface area (Å²) >= 11 is 0. The lowest BCUT2D eigenvalue weighted by Crippen LogP contribution is -2.37. The molecule has 140 valence electrons. The monoisotopic (exact) mass is 360 g/mol. The largest absolute Gasteiger partial charge is 0.478 e. The number of nitrogens with zero attached hydrogens (tertiary/aromatic N) is 3. The first kappa shape index (κ1) is 19.4. The second-order valence-electron chi connectivity index (χ2n) is 7.09. The number of carboxylic acid groups (broad SMARTS) is 1. The van der Waals surface area contributed by atoms with E-state index in [-0.39, 0.29) is 18.0 Å². The fourth-order valence-electron chi connectivity index (χ4n) is 2.36. The average Bonchev–Trinajstić information content (AvgIpc) is 3.06. The topological polar surface area (TPSA) is 106 Å².